The number of benzene rings is 4. The van der Waals surface area contributed by atoms with Gasteiger partial charge in [-0.25, -0.2) is 0 Å². The van der Waals surface area contributed by atoms with Crippen LogP contribution in [0.3, 0.4) is 0 Å². The second-order valence-electron chi connectivity index (χ2n) is 19.6. The molecule has 0 saturated heterocycles. The Balaban J connectivity index is 0.000000783. The first-order valence-corrected chi connectivity index (χ1v) is 20.6. The Labute approximate surface area is 388 Å². The molecule has 4 aromatic rings. The summed E-state index contributed by atoms with van der Waals surface area (Å²) in [7, 11) is 0. The summed E-state index contributed by atoms with van der Waals surface area (Å²) in [4.78, 5) is 16.8. The standard InChI is InChI=1S/4C13H19NO.Zr/c4*1-9-7-6-8-10(2)11(9)14-12(15)13(3,4)5;/h4*6-8H,1-5H3,(H,14,15);/q;;;;+4/p-4. The molecule has 0 saturated carbocycles. The van der Waals surface area contributed by atoms with Crippen molar-refractivity contribution in [3.8, 4) is 0 Å². The number of para-hydroxylation sites is 4. The van der Waals surface area contributed by atoms with Crippen LogP contribution < -0.4 is 20.4 Å². The van der Waals surface area contributed by atoms with Gasteiger partial charge in [-0.15, -0.1) is 0 Å². The third-order valence-corrected chi connectivity index (χ3v) is 9.18. The van der Waals surface area contributed by atoms with Gasteiger partial charge < -0.3 is 20.4 Å². The zero-order valence-electron chi connectivity index (χ0n) is 40.9. The van der Waals surface area contributed by atoms with E-state index in [1.807, 2.05) is 211 Å². The van der Waals surface area contributed by atoms with Crippen molar-refractivity contribution in [2.24, 2.45) is 41.6 Å². The summed E-state index contributed by atoms with van der Waals surface area (Å²) < 4.78 is 0. The maximum absolute atomic E-state index is 11.8. The molecule has 0 spiro atoms. The number of aryl methyl sites for hydroxylation is 8. The van der Waals surface area contributed by atoms with E-state index in [-0.39, 0.29) is 49.8 Å². The van der Waals surface area contributed by atoms with Crippen LogP contribution in [0.1, 0.15) is 128 Å². The van der Waals surface area contributed by atoms with Crippen molar-refractivity contribution in [1.82, 2.24) is 0 Å². The molecule has 0 fully saturated rings. The van der Waals surface area contributed by atoms with Crippen LogP contribution in [0, 0.1) is 77.0 Å². The predicted molar refractivity (Wildman–Crippen MR) is 250 cm³/mol. The SMILES string of the molecule is Cc1cccc(C)c1N=C([O-])C(C)(C)C.Cc1cccc(C)c1N=C([O-])C(C)(C)C.Cc1cccc(C)c1N=C([O-])C(C)(C)C.Cc1cccc(C)c1N=C([O-])C(C)(C)C.[Zr+4]. The predicted octanol–water partition coefficient (Wildman–Crippen LogP) is 11.0. The monoisotopic (exact) mass is 906 g/mol. The fourth-order valence-electron chi connectivity index (χ4n) is 5.01. The van der Waals surface area contributed by atoms with Gasteiger partial charge in [0.25, 0.3) is 0 Å². The van der Waals surface area contributed by atoms with Crippen LogP contribution >= 0.6 is 0 Å². The maximum atomic E-state index is 11.8. The van der Waals surface area contributed by atoms with E-state index in [4.69, 9.17) is 0 Å². The summed E-state index contributed by atoms with van der Waals surface area (Å²) >= 11 is 0. The van der Waals surface area contributed by atoms with Crippen molar-refractivity contribution in [1.29, 1.82) is 0 Å². The van der Waals surface area contributed by atoms with Gasteiger partial charge in [0.2, 0.25) is 0 Å². The van der Waals surface area contributed by atoms with Crippen LogP contribution in [0.15, 0.2) is 92.8 Å². The van der Waals surface area contributed by atoms with Crippen LogP contribution in [0.4, 0.5) is 22.7 Å². The molecule has 0 aliphatic heterocycles. The molecular formula is C52H72N4O4Zr. The second-order valence-corrected chi connectivity index (χ2v) is 19.6. The van der Waals surface area contributed by atoms with Gasteiger partial charge in [0, 0.05) is 0 Å². The molecule has 0 bridgehead atoms. The number of hydrogen-bond acceptors (Lipinski definition) is 8. The topological polar surface area (TPSA) is 142 Å². The van der Waals surface area contributed by atoms with Crippen molar-refractivity contribution in [3.63, 3.8) is 0 Å². The van der Waals surface area contributed by atoms with E-state index in [1.165, 1.54) is 0 Å². The molecule has 0 N–H and O–H groups in total. The largest absolute Gasteiger partial charge is 4.00 e. The molecule has 9 heteroatoms. The fourth-order valence-corrected chi connectivity index (χ4v) is 5.01. The van der Waals surface area contributed by atoms with Crippen LogP contribution in [-0.2, 0) is 26.2 Å². The molecule has 0 unspecified atom stereocenters. The molecule has 61 heavy (non-hydrogen) atoms. The normalized spacial score (nSPS) is 12.8. The summed E-state index contributed by atoms with van der Waals surface area (Å²) in [6, 6.07) is 23.7. The Kier molecular flexibility index (Phi) is 22.1. The molecule has 0 heterocycles. The summed E-state index contributed by atoms with van der Waals surface area (Å²) in [5.74, 6) is -0.278. The van der Waals surface area contributed by atoms with E-state index in [9.17, 15) is 20.4 Å². The minimum absolute atomic E-state index is 0. The molecule has 0 aromatic heterocycles. The molecule has 0 aliphatic carbocycles. The number of nitrogens with zero attached hydrogens (tertiary/aromatic N) is 4. The van der Waals surface area contributed by atoms with Gasteiger partial charge in [0.1, 0.15) is 0 Å². The number of rotatable bonds is 4. The van der Waals surface area contributed by atoms with Gasteiger partial charge in [-0.05, 0) is 145 Å². The first kappa shape index (κ1) is 56.6. The molecule has 4 rings (SSSR count). The molecule has 0 aliphatic rings. The van der Waals surface area contributed by atoms with Gasteiger partial charge in [-0.3, -0.25) is 20.0 Å². The van der Waals surface area contributed by atoms with Crippen LogP contribution in [-0.4, -0.2) is 23.6 Å². The zero-order chi connectivity index (χ0) is 46.6. The van der Waals surface area contributed by atoms with E-state index >= 15 is 0 Å². The molecule has 0 radical (unpaired) electrons. The number of aliphatic imine (C=N–C) groups is 4. The van der Waals surface area contributed by atoms with Crippen LogP contribution in [0.2, 0.25) is 0 Å². The third-order valence-electron chi connectivity index (χ3n) is 9.18. The van der Waals surface area contributed by atoms with Gasteiger partial charge in [-0.1, -0.05) is 156 Å². The Morgan fingerprint density at radius 3 is 0.508 bits per heavy atom. The average molecular weight is 908 g/mol. The minimum Gasteiger partial charge on any atom is -0.861 e. The minimum atomic E-state index is -0.408. The fraction of sp³-hybridized carbons (Fsp3) is 0.462. The molecule has 8 nitrogen and oxygen atoms in total. The first-order valence-electron chi connectivity index (χ1n) is 20.6. The van der Waals surface area contributed by atoms with Gasteiger partial charge in [0.05, 0.1) is 22.7 Å². The average Bonchev–Trinajstić information content (AvgIpc) is 3.10. The van der Waals surface area contributed by atoms with Crippen molar-refractivity contribution >= 4 is 46.3 Å². The Morgan fingerprint density at radius 1 is 0.295 bits per heavy atom. The smallest absolute Gasteiger partial charge is 0.861 e. The van der Waals surface area contributed by atoms with Crippen molar-refractivity contribution in [2.75, 3.05) is 0 Å². The summed E-state index contributed by atoms with van der Waals surface area (Å²) in [5, 5.41) is 47.1. The number of hydrogen-bond donors (Lipinski definition) is 0. The second kappa shape index (κ2) is 23.7. The van der Waals surface area contributed by atoms with Gasteiger partial charge >= 0.3 is 26.2 Å². The quantitative estimate of drug-likeness (QED) is 0.148. The van der Waals surface area contributed by atoms with E-state index < -0.39 is 21.7 Å². The van der Waals surface area contributed by atoms with E-state index in [0.29, 0.717) is 0 Å². The van der Waals surface area contributed by atoms with Crippen LogP contribution in [0.5, 0.6) is 0 Å². The Morgan fingerprint density at radius 2 is 0.410 bits per heavy atom. The van der Waals surface area contributed by atoms with Gasteiger partial charge in [-0.2, -0.15) is 0 Å². The van der Waals surface area contributed by atoms with Gasteiger partial charge in [0.15, 0.2) is 0 Å². The Hall–Kier alpha value is -4.36. The van der Waals surface area contributed by atoms with Crippen molar-refractivity contribution in [2.45, 2.75) is 138 Å². The molecule has 0 atom stereocenters. The first-order chi connectivity index (χ1) is 27.3. The summed E-state index contributed by atoms with van der Waals surface area (Å²) in [5.41, 5.74) is 10.0. The molecule has 0 amide bonds. The van der Waals surface area contributed by atoms with Crippen molar-refractivity contribution < 1.29 is 46.6 Å². The van der Waals surface area contributed by atoms with Crippen molar-refractivity contribution in [3.05, 3.63) is 117 Å². The van der Waals surface area contributed by atoms with Crippen LogP contribution in [0.25, 0.3) is 0 Å². The third kappa shape index (κ3) is 19.1. The van der Waals surface area contributed by atoms with E-state index in [2.05, 4.69) is 20.0 Å². The zero-order valence-corrected chi connectivity index (χ0v) is 43.3. The molecular weight excluding hydrogens is 836 g/mol. The van der Waals surface area contributed by atoms with E-state index in [1.54, 1.807) is 0 Å². The molecule has 4 aromatic carbocycles. The summed E-state index contributed by atoms with van der Waals surface area (Å²) in [6.45, 7) is 38.4. The Bertz CT molecular complexity index is 1780. The molecule has 328 valence electrons. The summed E-state index contributed by atoms with van der Waals surface area (Å²) in [6.07, 6.45) is 0. The maximum Gasteiger partial charge on any atom is 4.00 e. The van der Waals surface area contributed by atoms with E-state index in [0.717, 1.165) is 67.3 Å².